The number of nitrogens with zero attached hydrogens (tertiary/aromatic N) is 1. The number of carboxylic acid groups (broad SMARTS) is 1. The number of piperidine rings is 1. The Morgan fingerprint density at radius 1 is 0.970 bits per heavy atom. The zero-order chi connectivity index (χ0) is 23.3. The molecule has 0 aliphatic carbocycles. The van der Waals surface area contributed by atoms with Gasteiger partial charge in [0, 0.05) is 6.54 Å². The summed E-state index contributed by atoms with van der Waals surface area (Å²) in [5.41, 5.74) is 1.02. The van der Waals surface area contributed by atoms with Crippen molar-refractivity contribution < 1.29 is 23.1 Å². The first kappa shape index (κ1) is 23.2. The molecule has 1 unspecified atom stereocenters. The fraction of sp³-hybridized carbons (Fsp3) is 0.320. The number of benzene rings is 3. The van der Waals surface area contributed by atoms with Gasteiger partial charge in [-0.05, 0) is 72.6 Å². The summed E-state index contributed by atoms with van der Waals surface area (Å²) >= 11 is 0. The number of hydrogen-bond donors (Lipinski definition) is 2. The highest BCUT2D eigenvalue weighted by atomic mass is 32.2. The van der Waals surface area contributed by atoms with Crippen LogP contribution in [0.2, 0.25) is 0 Å². The summed E-state index contributed by atoms with van der Waals surface area (Å²) in [6.45, 7) is 1.53. The average Bonchev–Trinajstić information content (AvgIpc) is 2.83. The Hall–Kier alpha value is -2.94. The number of aliphatic carboxylic acids is 1. The second kappa shape index (κ2) is 10.3. The number of ether oxygens (including phenoxy) is 1. The smallest absolute Gasteiger partial charge is 0.322 e. The molecule has 0 amide bonds. The van der Waals surface area contributed by atoms with Crippen LogP contribution in [0.4, 0.5) is 0 Å². The van der Waals surface area contributed by atoms with Crippen molar-refractivity contribution >= 4 is 26.8 Å². The van der Waals surface area contributed by atoms with Gasteiger partial charge in [-0.1, -0.05) is 42.8 Å². The molecule has 8 heteroatoms. The molecular formula is C25H28N2O5S. The van der Waals surface area contributed by atoms with Crippen LogP contribution in [-0.2, 0) is 21.4 Å². The van der Waals surface area contributed by atoms with E-state index in [1.807, 2.05) is 35.2 Å². The maximum absolute atomic E-state index is 12.7. The molecule has 2 N–H and O–H groups in total. The van der Waals surface area contributed by atoms with Gasteiger partial charge in [0.25, 0.3) is 0 Å². The van der Waals surface area contributed by atoms with Crippen LogP contribution in [0.3, 0.4) is 0 Å². The van der Waals surface area contributed by atoms with Gasteiger partial charge in [0.15, 0.2) is 0 Å². The number of hydrogen-bond acceptors (Lipinski definition) is 5. The lowest BCUT2D eigenvalue weighted by Crippen LogP contribution is -2.50. The van der Waals surface area contributed by atoms with Gasteiger partial charge in [0.2, 0.25) is 10.0 Å². The van der Waals surface area contributed by atoms with Crippen molar-refractivity contribution in [2.75, 3.05) is 19.6 Å². The normalized spacial score (nSPS) is 15.9. The highest BCUT2D eigenvalue weighted by Gasteiger charge is 2.28. The van der Waals surface area contributed by atoms with Crippen molar-refractivity contribution in [1.82, 2.24) is 9.62 Å². The lowest BCUT2D eigenvalue weighted by molar-refractivity contribution is -0.143. The van der Waals surface area contributed by atoms with E-state index in [2.05, 4.69) is 16.9 Å². The highest BCUT2D eigenvalue weighted by Crippen LogP contribution is 2.20. The lowest BCUT2D eigenvalue weighted by atomic mass is 10.1. The predicted octanol–water partition coefficient (Wildman–Crippen LogP) is 3.64. The number of carboxylic acids is 1. The molecule has 174 valence electrons. The van der Waals surface area contributed by atoms with Gasteiger partial charge in [0.05, 0.1) is 4.90 Å². The zero-order valence-electron chi connectivity index (χ0n) is 18.3. The van der Waals surface area contributed by atoms with Gasteiger partial charge < -0.3 is 9.84 Å². The molecule has 3 aromatic rings. The van der Waals surface area contributed by atoms with Crippen molar-refractivity contribution in [1.29, 1.82) is 0 Å². The van der Waals surface area contributed by atoms with Crippen LogP contribution in [-0.4, -0.2) is 50.1 Å². The third-order valence-corrected chi connectivity index (χ3v) is 7.38. The van der Waals surface area contributed by atoms with Crippen molar-refractivity contribution in [3.8, 4) is 5.75 Å². The highest BCUT2D eigenvalue weighted by molar-refractivity contribution is 7.89. The summed E-state index contributed by atoms with van der Waals surface area (Å²) in [5.74, 6) is -0.462. The first-order valence-corrected chi connectivity index (χ1v) is 12.6. The van der Waals surface area contributed by atoms with Crippen LogP contribution in [0.15, 0.2) is 71.6 Å². The Morgan fingerprint density at radius 2 is 1.67 bits per heavy atom. The predicted molar refractivity (Wildman–Crippen MR) is 127 cm³/mol. The quantitative estimate of drug-likeness (QED) is 0.498. The maximum Gasteiger partial charge on any atom is 0.322 e. The summed E-state index contributed by atoms with van der Waals surface area (Å²) in [6, 6.07) is 19.5. The molecular weight excluding hydrogens is 440 g/mol. The second-order valence-corrected chi connectivity index (χ2v) is 10.0. The largest absolute Gasteiger partial charge is 0.489 e. The third kappa shape index (κ3) is 5.90. The minimum atomic E-state index is -3.83. The van der Waals surface area contributed by atoms with E-state index >= 15 is 0 Å². The molecule has 0 bridgehead atoms. The van der Waals surface area contributed by atoms with Gasteiger partial charge in [-0.3, -0.25) is 9.69 Å². The van der Waals surface area contributed by atoms with E-state index in [0.717, 1.165) is 35.6 Å². The summed E-state index contributed by atoms with van der Waals surface area (Å²) in [6.07, 6.45) is 2.93. The third-order valence-electron chi connectivity index (χ3n) is 5.94. The van der Waals surface area contributed by atoms with Crippen molar-refractivity contribution in [3.63, 3.8) is 0 Å². The van der Waals surface area contributed by atoms with Crippen molar-refractivity contribution in [2.24, 2.45) is 0 Å². The Morgan fingerprint density at radius 3 is 2.36 bits per heavy atom. The first-order chi connectivity index (χ1) is 15.9. The van der Waals surface area contributed by atoms with E-state index in [-0.39, 0.29) is 11.4 Å². The van der Waals surface area contributed by atoms with E-state index in [0.29, 0.717) is 25.4 Å². The fourth-order valence-electron chi connectivity index (χ4n) is 4.08. The van der Waals surface area contributed by atoms with Crippen LogP contribution >= 0.6 is 0 Å². The summed E-state index contributed by atoms with van der Waals surface area (Å²) < 4.78 is 33.7. The lowest BCUT2D eigenvalue weighted by Gasteiger charge is -2.31. The van der Waals surface area contributed by atoms with Crippen LogP contribution in [0, 0.1) is 0 Å². The first-order valence-electron chi connectivity index (χ1n) is 11.1. The second-order valence-electron chi connectivity index (χ2n) is 8.24. The minimum Gasteiger partial charge on any atom is -0.489 e. The SMILES string of the molecule is O=C(O)C(CNS(=O)(=O)c1ccc(OCc2ccc3ccccc3c2)cc1)N1CCCCC1. The van der Waals surface area contributed by atoms with Crippen LogP contribution in [0.5, 0.6) is 5.75 Å². The average molecular weight is 469 g/mol. The van der Waals surface area contributed by atoms with Gasteiger partial charge >= 0.3 is 5.97 Å². The van der Waals surface area contributed by atoms with E-state index in [4.69, 9.17) is 4.74 Å². The van der Waals surface area contributed by atoms with Crippen LogP contribution in [0.1, 0.15) is 24.8 Å². The molecule has 1 aliphatic rings. The monoisotopic (exact) mass is 468 g/mol. The van der Waals surface area contributed by atoms with E-state index in [1.165, 1.54) is 12.1 Å². The molecule has 1 atom stereocenters. The van der Waals surface area contributed by atoms with Gasteiger partial charge in [-0.25, -0.2) is 13.1 Å². The Labute approximate surface area is 194 Å². The van der Waals surface area contributed by atoms with Gasteiger partial charge in [-0.2, -0.15) is 0 Å². The number of fused-ring (bicyclic) bond motifs is 1. The maximum atomic E-state index is 12.7. The Bertz CT molecular complexity index is 1200. The number of rotatable bonds is 9. The Balaban J connectivity index is 1.36. The Kier molecular flexibility index (Phi) is 7.27. The summed E-state index contributed by atoms with van der Waals surface area (Å²) in [4.78, 5) is 13.6. The molecule has 0 aromatic heterocycles. The van der Waals surface area contributed by atoms with E-state index < -0.39 is 22.0 Å². The number of nitrogens with one attached hydrogen (secondary N) is 1. The molecule has 1 heterocycles. The molecule has 1 fully saturated rings. The zero-order valence-corrected chi connectivity index (χ0v) is 19.1. The summed E-state index contributed by atoms with van der Waals surface area (Å²) in [7, 11) is -3.83. The van der Waals surface area contributed by atoms with E-state index in [9.17, 15) is 18.3 Å². The van der Waals surface area contributed by atoms with Crippen LogP contribution < -0.4 is 9.46 Å². The molecule has 7 nitrogen and oxygen atoms in total. The molecule has 1 aliphatic heterocycles. The molecule has 0 spiro atoms. The van der Waals surface area contributed by atoms with Crippen LogP contribution in [0.25, 0.3) is 10.8 Å². The van der Waals surface area contributed by atoms with E-state index in [1.54, 1.807) is 12.1 Å². The molecule has 3 aromatic carbocycles. The van der Waals surface area contributed by atoms with Gasteiger partial charge in [-0.15, -0.1) is 0 Å². The molecule has 1 saturated heterocycles. The molecule has 0 saturated carbocycles. The standard InChI is InChI=1S/C25H28N2O5S/c28-25(29)24(27-14-4-1-5-15-27)17-26-33(30,31)23-12-10-22(11-13-23)32-18-19-8-9-20-6-2-3-7-21(20)16-19/h2-3,6-13,16,24,26H,1,4-5,14-15,17-18H2,(H,28,29). The topological polar surface area (TPSA) is 95.9 Å². The summed E-state index contributed by atoms with van der Waals surface area (Å²) in [5, 5.41) is 11.8. The number of carbonyl (C=O) groups is 1. The molecule has 0 radical (unpaired) electrons. The molecule has 33 heavy (non-hydrogen) atoms. The molecule has 4 rings (SSSR count). The number of sulfonamides is 1. The van der Waals surface area contributed by atoms with Crippen molar-refractivity contribution in [3.05, 3.63) is 72.3 Å². The fourth-order valence-corrected chi connectivity index (χ4v) is 5.12. The minimum absolute atomic E-state index is 0.0725. The van der Waals surface area contributed by atoms with Gasteiger partial charge in [0.1, 0.15) is 18.4 Å². The van der Waals surface area contributed by atoms with Crippen molar-refractivity contribution in [2.45, 2.75) is 36.8 Å². The number of likely N-dealkylation sites (tertiary alicyclic amines) is 1.